The molecule has 0 spiro atoms. The van der Waals surface area contributed by atoms with Crippen LogP contribution in [0.2, 0.25) is 0 Å². The molecule has 1 atom stereocenters. The minimum atomic E-state index is 0.263. The number of rotatable bonds is 4. The molecule has 1 unspecified atom stereocenters. The van der Waals surface area contributed by atoms with Crippen molar-refractivity contribution in [2.75, 3.05) is 6.54 Å². The van der Waals surface area contributed by atoms with E-state index in [2.05, 4.69) is 9.97 Å². The van der Waals surface area contributed by atoms with Crippen molar-refractivity contribution in [3.05, 3.63) is 41.7 Å². The van der Waals surface area contributed by atoms with Gasteiger partial charge >= 0.3 is 0 Å². The molecule has 78 valence electrons. The fourth-order valence-corrected chi connectivity index (χ4v) is 3.07. The predicted molar refractivity (Wildman–Crippen MR) is 64.0 cm³/mol. The van der Waals surface area contributed by atoms with Gasteiger partial charge in [0, 0.05) is 35.8 Å². The van der Waals surface area contributed by atoms with E-state index < -0.39 is 0 Å². The quantitative estimate of drug-likeness (QED) is 0.829. The lowest BCUT2D eigenvalue weighted by Gasteiger charge is -2.12. The van der Waals surface area contributed by atoms with Gasteiger partial charge in [-0.25, -0.2) is 4.98 Å². The Hall–Kier alpha value is -0.910. The van der Waals surface area contributed by atoms with E-state index >= 15 is 0 Å². The Bertz CT molecular complexity index is 388. The average molecular weight is 237 g/mol. The molecule has 5 heteroatoms. The summed E-state index contributed by atoms with van der Waals surface area (Å²) in [7, 11) is 0. The van der Waals surface area contributed by atoms with Crippen LogP contribution in [0.1, 0.15) is 10.8 Å². The van der Waals surface area contributed by atoms with Gasteiger partial charge in [-0.05, 0) is 17.7 Å². The van der Waals surface area contributed by atoms with E-state index in [0.717, 1.165) is 4.34 Å². The van der Waals surface area contributed by atoms with Crippen LogP contribution in [-0.2, 0) is 0 Å². The molecule has 2 aromatic rings. The summed E-state index contributed by atoms with van der Waals surface area (Å²) in [5.41, 5.74) is 6.96. The summed E-state index contributed by atoms with van der Waals surface area (Å²) in [6.07, 6.45) is 5.40. The highest BCUT2D eigenvalue weighted by molar-refractivity contribution is 8.01. The lowest BCUT2D eigenvalue weighted by molar-refractivity contribution is 0.935. The highest BCUT2D eigenvalue weighted by Crippen LogP contribution is 2.34. The number of nitrogens with two attached hydrogens (primary N) is 1. The summed E-state index contributed by atoms with van der Waals surface area (Å²) in [4.78, 5) is 8.24. The van der Waals surface area contributed by atoms with Crippen LogP contribution in [0.15, 0.2) is 40.4 Å². The number of aromatic nitrogens is 2. The van der Waals surface area contributed by atoms with E-state index in [1.807, 2.05) is 23.7 Å². The van der Waals surface area contributed by atoms with Crippen LogP contribution in [0.4, 0.5) is 0 Å². The third kappa shape index (κ3) is 2.77. The largest absolute Gasteiger partial charge is 0.329 e. The summed E-state index contributed by atoms with van der Waals surface area (Å²) in [6, 6.07) is 4.00. The molecule has 0 bridgehead atoms. The van der Waals surface area contributed by atoms with E-state index in [1.54, 1.807) is 35.5 Å². The number of thiazole rings is 1. The number of hydrogen-bond acceptors (Lipinski definition) is 5. The van der Waals surface area contributed by atoms with Crippen LogP contribution in [0.25, 0.3) is 0 Å². The zero-order valence-electron chi connectivity index (χ0n) is 8.04. The molecule has 0 saturated carbocycles. The summed E-state index contributed by atoms with van der Waals surface area (Å²) in [6.45, 7) is 0.605. The van der Waals surface area contributed by atoms with Gasteiger partial charge in [0.05, 0.1) is 0 Å². The molecular formula is C10H11N3S2. The molecule has 0 aliphatic carbocycles. The minimum Gasteiger partial charge on any atom is -0.329 e. The van der Waals surface area contributed by atoms with Crippen molar-refractivity contribution >= 4 is 23.1 Å². The zero-order chi connectivity index (χ0) is 10.5. The highest BCUT2D eigenvalue weighted by Gasteiger charge is 2.12. The highest BCUT2D eigenvalue weighted by atomic mass is 32.2. The monoisotopic (exact) mass is 237 g/mol. The molecule has 0 saturated heterocycles. The Morgan fingerprint density at radius 1 is 1.33 bits per heavy atom. The molecule has 0 aliphatic heterocycles. The van der Waals surface area contributed by atoms with Crippen LogP contribution >= 0.6 is 23.1 Å². The fraction of sp³-hybridized carbons (Fsp3) is 0.200. The number of pyridine rings is 1. The molecule has 0 aliphatic rings. The van der Waals surface area contributed by atoms with Crippen LogP contribution in [0.3, 0.4) is 0 Å². The van der Waals surface area contributed by atoms with Crippen LogP contribution < -0.4 is 5.73 Å². The Kier molecular flexibility index (Phi) is 3.71. The number of nitrogens with zero attached hydrogens (tertiary/aromatic N) is 2. The van der Waals surface area contributed by atoms with Crippen LogP contribution in [-0.4, -0.2) is 16.5 Å². The smallest absolute Gasteiger partial charge is 0.150 e. The second kappa shape index (κ2) is 5.25. The molecule has 0 amide bonds. The van der Waals surface area contributed by atoms with Crippen LogP contribution in [0, 0.1) is 0 Å². The molecule has 2 N–H and O–H groups in total. The van der Waals surface area contributed by atoms with Gasteiger partial charge in [-0.2, -0.15) is 0 Å². The maximum absolute atomic E-state index is 5.76. The van der Waals surface area contributed by atoms with E-state index in [-0.39, 0.29) is 5.25 Å². The SMILES string of the molecule is NCC(Sc1nccs1)c1ccncc1. The van der Waals surface area contributed by atoms with E-state index in [9.17, 15) is 0 Å². The standard InChI is InChI=1S/C10H11N3S2/c11-7-9(8-1-3-12-4-2-8)15-10-13-5-6-14-10/h1-6,9H,7,11H2. The molecule has 0 radical (unpaired) electrons. The van der Waals surface area contributed by atoms with Crippen molar-refractivity contribution in [3.8, 4) is 0 Å². The van der Waals surface area contributed by atoms with Gasteiger partial charge < -0.3 is 5.73 Å². The molecule has 0 fully saturated rings. The maximum atomic E-state index is 5.76. The van der Waals surface area contributed by atoms with Gasteiger partial charge in [0.1, 0.15) is 4.34 Å². The number of hydrogen-bond donors (Lipinski definition) is 1. The summed E-state index contributed by atoms with van der Waals surface area (Å²) in [5.74, 6) is 0. The van der Waals surface area contributed by atoms with Crippen molar-refractivity contribution in [2.24, 2.45) is 5.73 Å². The molecule has 2 aromatic heterocycles. The Balaban J connectivity index is 2.12. The van der Waals surface area contributed by atoms with Gasteiger partial charge in [-0.1, -0.05) is 11.8 Å². The molecular weight excluding hydrogens is 226 g/mol. The van der Waals surface area contributed by atoms with Crippen LogP contribution in [0.5, 0.6) is 0 Å². The fourth-order valence-electron chi connectivity index (χ4n) is 1.22. The summed E-state index contributed by atoms with van der Waals surface area (Å²) in [5, 5.41) is 2.24. The lowest BCUT2D eigenvalue weighted by atomic mass is 10.2. The van der Waals surface area contributed by atoms with Gasteiger partial charge in [0.25, 0.3) is 0 Å². The second-order valence-corrected chi connectivity index (χ2v) is 5.27. The van der Waals surface area contributed by atoms with Crippen molar-refractivity contribution in [2.45, 2.75) is 9.59 Å². The molecule has 3 nitrogen and oxygen atoms in total. The average Bonchev–Trinajstić information content (AvgIpc) is 2.80. The van der Waals surface area contributed by atoms with Crippen molar-refractivity contribution in [1.29, 1.82) is 0 Å². The Morgan fingerprint density at radius 3 is 2.73 bits per heavy atom. The van der Waals surface area contributed by atoms with Crippen molar-refractivity contribution < 1.29 is 0 Å². The van der Waals surface area contributed by atoms with Gasteiger partial charge in [-0.15, -0.1) is 11.3 Å². The Morgan fingerprint density at radius 2 is 2.13 bits per heavy atom. The summed E-state index contributed by atoms with van der Waals surface area (Å²) >= 11 is 3.35. The van der Waals surface area contributed by atoms with E-state index in [0.29, 0.717) is 6.54 Å². The molecule has 2 heterocycles. The molecule has 0 aromatic carbocycles. The normalized spacial score (nSPS) is 12.6. The minimum absolute atomic E-state index is 0.263. The predicted octanol–water partition coefficient (Wildman–Crippen LogP) is 2.33. The number of thioether (sulfide) groups is 1. The zero-order valence-corrected chi connectivity index (χ0v) is 9.67. The van der Waals surface area contributed by atoms with Gasteiger partial charge in [0.15, 0.2) is 0 Å². The first-order valence-electron chi connectivity index (χ1n) is 4.56. The Labute approximate surface area is 96.8 Å². The maximum Gasteiger partial charge on any atom is 0.150 e. The first-order chi connectivity index (χ1) is 7.40. The topological polar surface area (TPSA) is 51.8 Å². The van der Waals surface area contributed by atoms with Gasteiger partial charge in [-0.3, -0.25) is 4.98 Å². The van der Waals surface area contributed by atoms with E-state index in [1.165, 1.54) is 5.56 Å². The van der Waals surface area contributed by atoms with E-state index in [4.69, 9.17) is 5.73 Å². The second-order valence-electron chi connectivity index (χ2n) is 2.92. The molecule has 15 heavy (non-hydrogen) atoms. The first-order valence-corrected chi connectivity index (χ1v) is 6.32. The first kappa shape index (κ1) is 10.6. The lowest BCUT2D eigenvalue weighted by Crippen LogP contribution is -2.09. The summed E-state index contributed by atoms with van der Waals surface area (Å²) < 4.78 is 1.06. The molecule has 2 rings (SSSR count). The van der Waals surface area contributed by atoms with Crippen molar-refractivity contribution in [3.63, 3.8) is 0 Å². The third-order valence-corrected chi connectivity index (χ3v) is 4.14. The van der Waals surface area contributed by atoms with Gasteiger partial charge in [0.2, 0.25) is 0 Å². The van der Waals surface area contributed by atoms with Crippen molar-refractivity contribution in [1.82, 2.24) is 9.97 Å². The third-order valence-electron chi connectivity index (χ3n) is 1.94.